The molecule has 0 aliphatic rings. The van der Waals surface area contributed by atoms with Crippen molar-refractivity contribution in [3.05, 3.63) is 30.3 Å². The van der Waals surface area contributed by atoms with Crippen LogP contribution in [-0.4, -0.2) is 18.3 Å². The highest BCUT2D eigenvalue weighted by Gasteiger charge is 2.15. The molecule has 0 heterocycles. The Hall–Kier alpha value is -0.470. The second-order valence-corrected chi connectivity index (χ2v) is 6.04. The van der Waals surface area contributed by atoms with Crippen LogP contribution in [0.4, 0.5) is 0 Å². The lowest BCUT2D eigenvalue weighted by atomic mass is 9.98. The van der Waals surface area contributed by atoms with Crippen molar-refractivity contribution in [1.82, 2.24) is 5.32 Å². The Labute approximate surface area is 117 Å². The van der Waals surface area contributed by atoms with E-state index in [4.69, 9.17) is 0 Å². The molecule has 0 radical (unpaired) electrons. The van der Waals surface area contributed by atoms with Crippen molar-refractivity contribution < 1.29 is 0 Å². The summed E-state index contributed by atoms with van der Waals surface area (Å²) >= 11 is 1.97. The third-order valence-corrected chi connectivity index (χ3v) is 4.39. The molecular weight excluding hydrogens is 238 g/mol. The average molecular weight is 265 g/mol. The zero-order valence-corrected chi connectivity index (χ0v) is 12.8. The molecular formula is C16H27NS. The van der Waals surface area contributed by atoms with Gasteiger partial charge < -0.3 is 5.32 Å². The minimum atomic E-state index is 0.634. The molecule has 0 amide bonds. The first-order valence-corrected chi connectivity index (χ1v) is 8.17. The number of thioether (sulfide) groups is 1. The Morgan fingerprint density at radius 3 is 2.44 bits per heavy atom. The molecule has 18 heavy (non-hydrogen) atoms. The summed E-state index contributed by atoms with van der Waals surface area (Å²) in [5.74, 6) is 1.93. The molecule has 1 aromatic carbocycles. The molecule has 1 N–H and O–H groups in total. The molecule has 0 saturated heterocycles. The van der Waals surface area contributed by atoms with Gasteiger partial charge in [-0.15, -0.1) is 11.8 Å². The quantitative estimate of drug-likeness (QED) is 0.656. The molecule has 1 nitrogen and oxygen atoms in total. The second-order valence-electron chi connectivity index (χ2n) is 4.95. The molecule has 102 valence electrons. The lowest BCUT2D eigenvalue weighted by Crippen LogP contribution is -2.37. The van der Waals surface area contributed by atoms with E-state index in [9.17, 15) is 0 Å². The Bertz CT molecular complexity index is 299. The first-order valence-electron chi connectivity index (χ1n) is 7.19. The second kappa shape index (κ2) is 9.46. The summed E-state index contributed by atoms with van der Waals surface area (Å²) in [6, 6.07) is 11.3. The van der Waals surface area contributed by atoms with Crippen molar-refractivity contribution in [2.24, 2.45) is 5.92 Å². The normalized spacial score (nSPS) is 14.4. The van der Waals surface area contributed by atoms with Crippen LogP contribution in [0.1, 0.15) is 40.0 Å². The van der Waals surface area contributed by atoms with Gasteiger partial charge in [-0.05, 0) is 37.4 Å². The van der Waals surface area contributed by atoms with E-state index in [1.54, 1.807) is 0 Å². The summed E-state index contributed by atoms with van der Waals surface area (Å²) in [5, 5.41) is 3.70. The lowest BCUT2D eigenvalue weighted by Gasteiger charge is -2.24. The van der Waals surface area contributed by atoms with Gasteiger partial charge in [0, 0.05) is 16.7 Å². The summed E-state index contributed by atoms with van der Waals surface area (Å²) in [6.45, 7) is 8.02. The number of hydrogen-bond acceptors (Lipinski definition) is 2. The molecule has 2 heteroatoms. The molecule has 2 unspecified atom stereocenters. The summed E-state index contributed by atoms with van der Waals surface area (Å²) in [4.78, 5) is 1.38. The fourth-order valence-electron chi connectivity index (χ4n) is 2.11. The maximum atomic E-state index is 3.70. The maximum Gasteiger partial charge on any atom is 0.0187 e. The van der Waals surface area contributed by atoms with Crippen LogP contribution < -0.4 is 5.32 Å². The zero-order valence-electron chi connectivity index (χ0n) is 12.0. The van der Waals surface area contributed by atoms with Gasteiger partial charge in [-0.1, -0.05) is 45.4 Å². The molecule has 0 saturated carbocycles. The van der Waals surface area contributed by atoms with Gasteiger partial charge in [0.2, 0.25) is 0 Å². The van der Waals surface area contributed by atoms with Gasteiger partial charge in [-0.3, -0.25) is 0 Å². The van der Waals surface area contributed by atoms with Gasteiger partial charge in [0.1, 0.15) is 0 Å². The first-order chi connectivity index (χ1) is 8.77. The molecule has 1 aromatic rings. The van der Waals surface area contributed by atoms with Gasteiger partial charge in [0.15, 0.2) is 0 Å². The highest BCUT2D eigenvalue weighted by atomic mass is 32.2. The van der Waals surface area contributed by atoms with Crippen molar-refractivity contribution in [3.8, 4) is 0 Å². The smallest absolute Gasteiger partial charge is 0.0187 e. The monoisotopic (exact) mass is 265 g/mol. The number of hydrogen-bond donors (Lipinski definition) is 1. The van der Waals surface area contributed by atoms with Crippen LogP contribution in [0.3, 0.4) is 0 Å². The Morgan fingerprint density at radius 2 is 1.83 bits per heavy atom. The largest absolute Gasteiger partial charge is 0.313 e. The standard InChI is InChI=1S/C16H27NS/c1-4-9-14(3)16(17-12-5-2)13-18-15-10-7-6-8-11-15/h6-8,10-11,14,16-17H,4-5,9,12-13H2,1-3H3. The summed E-state index contributed by atoms with van der Waals surface area (Å²) in [7, 11) is 0. The van der Waals surface area contributed by atoms with Crippen molar-refractivity contribution >= 4 is 11.8 Å². The SMILES string of the molecule is CCCNC(CSc1ccccc1)C(C)CCC. The number of nitrogens with one attached hydrogen (secondary N) is 1. The van der Waals surface area contributed by atoms with Crippen molar-refractivity contribution in [2.45, 2.75) is 51.0 Å². The zero-order chi connectivity index (χ0) is 13.2. The molecule has 1 rings (SSSR count). The minimum Gasteiger partial charge on any atom is -0.313 e. The van der Waals surface area contributed by atoms with Gasteiger partial charge in [0.05, 0.1) is 0 Å². The summed E-state index contributed by atoms with van der Waals surface area (Å²) in [6.07, 6.45) is 3.81. The van der Waals surface area contributed by atoms with E-state index in [1.165, 1.54) is 29.9 Å². The minimum absolute atomic E-state index is 0.634. The Kier molecular flexibility index (Phi) is 8.19. The van der Waals surface area contributed by atoms with Crippen LogP contribution in [0.25, 0.3) is 0 Å². The van der Waals surface area contributed by atoms with Gasteiger partial charge >= 0.3 is 0 Å². The molecule has 0 aromatic heterocycles. The van der Waals surface area contributed by atoms with E-state index in [1.807, 2.05) is 11.8 Å². The van der Waals surface area contributed by atoms with Gasteiger partial charge in [0.25, 0.3) is 0 Å². The third kappa shape index (κ3) is 5.92. The molecule has 0 fully saturated rings. The maximum absolute atomic E-state index is 3.70. The molecule has 2 atom stereocenters. The number of rotatable bonds is 9. The van der Waals surface area contributed by atoms with Crippen molar-refractivity contribution in [3.63, 3.8) is 0 Å². The van der Waals surface area contributed by atoms with Crippen molar-refractivity contribution in [2.75, 3.05) is 12.3 Å². The highest BCUT2D eigenvalue weighted by Crippen LogP contribution is 2.22. The van der Waals surface area contributed by atoms with E-state index in [2.05, 4.69) is 56.4 Å². The van der Waals surface area contributed by atoms with Crippen LogP contribution >= 0.6 is 11.8 Å². The van der Waals surface area contributed by atoms with Crippen LogP contribution in [0.2, 0.25) is 0 Å². The summed E-state index contributed by atoms with van der Waals surface area (Å²) < 4.78 is 0. The molecule has 0 aliphatic heterocycles. The van der Waals surface area contributed by atoms with Crippen LogP contribution in [-0.2, 0) is 0 Å². The lowest BCUT2D eigenvalue weighted by molar-refractivity contribution is 0.382. The van der Waals surface area contributed by atoms with Crippen LogP contribution in [0.5, 0.6) is 0 Å². The molecule has 0 bridgehead atoms. The highest BCUT2D eigenvalue weighted by molar-refractivity contribution is 7.99. The van der Waals surface area contributed by atoms with E-state index in [-0.39, 0.29) is 0 Å². The Morgan fingerprint density at radius 1 is 1.11 bits per heavy atom. The van der Waals surface area contributed by atoms with E-state index in [0.717, 1.165) is 12.5 Å². The third-order valence-electron chi connectivity index (χ3n) is 3.26. The fraction of sp³-hybridized carbons (Fsp3) is 0.625. The van der Waals surface area contributed by atoms with E-state index < -0.39 is 0 Å². The number of benzene rings is 1. The van der Waals surface area contributed by atoms with Crippen LogP contribution in [0, 0.1) is 5.92 Å². The fourth-order valence-corrected chi connectivity index (χ4v) is 3.28. The average Bonchev–Trinajstić information content (AvgIpc) is 2.40. The van der Waals surface area contributed by atoms with E-state index >= 15 is 0 Å². The van der Waals surface area contributed by atoms with Gasteiger partial charge in [-0.25, -0.2) is 0 Å². The predicted molar refractivity (Wildman–Crippen MR) is 83.3 cm³/mol. The predicted octanol–water partition coefficient (Wildman–Crippen LogP) is 4.58. The van der Waals surface area contributed by atoms with Crippen LogP contribution in [0.15, 0.2) is 35.2 Å². The topological polar surface area (TPSA) is 12.0 Å². The first kappa shape index (κ1) is 15.6. The van der Waals surface area contributed by atoms with Crippen molar-refractivity contribution in [1.29, 1.82) is 0 Å². The van der Waals surface area contributed by atoms with Gasteiger partial charge in [-0.2, -0.15) is 0 Å². The summed E-state index contributed by atoms with van der Waals surface area (Å²) in [5.41, 5.74) is 0. The molecule has 0 aliphatic carbocycles. The molecule has 0 spiro atoms. The Balaban J connectivity index is 2.44. The van der Waals surface area contributed by atoms with E-state index in [0.29, 0.717) is 6.04 Å².